The second-order valence-corrected chi connectivity index (χ2v) is 21.0. The molecule has 0 saturated heterocycles. The topological polar surface area (TPSA) is 47.9 Å². The Morgan fingerprint density at radius 1 is 0.650 bits per heavy atom. The van der Waals surface area contributed by atoms with Crippen molar-refractivity contribution in [1.82, 2.24) is 0 Å². The van der Waals surface area contributed by atoms with E-state index in [0.29, 0.717) is 6.61 Å². The Hall–Kier alpha value is -1.45. The first kappa shape index (κ1) is 34.8. The van der Waals surface area contributed by atoms with Gasteiger partial charge in [0.05, 0.1) is 16.8 Å². The maximum atomic E-state index is 9.96. The molecule has 0 bridgehead atoms. The molecule has 226 valence electrons. The smallest absolute Gasteiger partial charge is 0.168 e. The molecule has 0 aliphatic carbocycles. The van der Waals surface area contributed by atoms with Gasteiger partial charge < -0.3 is 18.7 Å². The van der Waals surface area contributed by atoms with E-state index < -0.39 is 36.3 Å². The molecule has 0 heterocycles. The monoisotopic (exact) mass is 586 g/mol. The molecule has 0 unspecified atom stereocenters. The van der Waals surface area contributed by atoms with Crippen molar-refractivity contribution in [3.05, 3.63) is 64.7 Å². The van der Waals surface area contributed by atoms with Gasteiger partial charge in [0.2, 0.25) is 0 Å². The third kappa shape index (κ3) is 12.6. The van der Waals surface area contributed by atoms with Gasteiger partial charge in [0.15, 0.2) is 19.5 Å². The van der Waals surface area contributed by atoms with Gasteiger partial charge in [-0.15, -0.1) is 0 Å². The highest BCUT2D eigenvalue weighted by Gasteiger charge is 2.34. The highest BCUT2D eigenvalue weighted by molar-refractivity contribution is 6.32. The standard InChI is InChI=1S/C34H58O4Si2/c1-30(2,3)39-37-33(9,10)28-20-19-26(23-29(28)34(11,12)38-40-31(4,5)6)24-36-27-18-15-17-25(22-27)16-13-14-21-32(7,8)35/h15,17-20,22-23,35H,13-14,16,21,24,39-40H2,1-12H3. The SMILES string of the molecule is CC(C)(O)CCCCc1cccc(OCc2ccc(C(C)(C)O[SiH2]C(C)(C)C)c(C(C)(C)O[SiH2]C(C)(C)C)c2)c1. The van der Waals surface area contributed by atoms with Gasteiger partial charge in [0.1, 0.15) is 12.4 Å². The molecule has 40 heavy (non-hydrogen) atoms. The van der Waals surface area contributed by atoms with E-state index in [1.807, 2.05) is 19.9 Å². The molecule has 0 aliphatic rings. The predicted molar refractivity (Wildman–Crippen MR) is 176 cm³/mol. The maximum absolute atomic E-state index is 9.96. The van der Waals surface area contributed by atoms with E-state index in [-0.39, 0.29) is 10.1 Å². The Labute approximate surface area is 250 Å². The van der Waals surface area contributed by atoms with Crippen LogP contribution in [0.4, 0.5) is 0 Å². The van der Waals surface area contributed by atoms with Crippen LogP contribution in [0.15, 0.2) is 42.5 Å². The highest BCUT2D eigenvalue weighted by atomic mass is 28.2. The van der Waals surface area contributed by atoms with Crippen LogP contribution in [0.1, 0.15) is 125 Å². The van der Waals surface area contributed by atoms with Gasteiger partial charge in [-0.3, -0.25) is 0 Å². The summed E-state index contributed by atoms with van der Waals surface area (Å²) in [6.07, 6.45) is 3.88. The van der Waals surface area contributed by atoms with Crippen molar-refractivity contribution >= 4 is 19.5 Å². The second-order valence-electron chi connectivity index (χ2n) is 15.6. The fourth-order valence-electron chi connectivity index (χ4n) is 4.50. The number of hydrogen-bond donors (Lipinski definition) is 1. The van der Waals surface area contributed by atoms with Crippen LogP contribution in [-0.4, -0.2) is 30.2 Å². The first-order chi connectivity index (χ1) is 18.2. The molecule has 0 aliphatic heterocycles. The van der Waals surface area contributed by atoms with Crippen LogP contribution >= 0.6 is 0 Å². The summed E-state index contributed by atoms with van der Waals surface area (Å²) in [7, 11) is -1.49. The van der Waals surface area contributed by atoms with Crippen LogP contribution in [0.2, 0.25) is 10.1 Å². The van der Waals surface area contributed by atoms with Crippen molar-refractivity contribution in [3.8, 4) is 5.75 Å². The van der Waals surface area contributed by atoms with Crippen LogP contribution in [-0.2, 0) is 33.1 Å². The van der Waals surface area contributed by atoms with Gasteiger partial charge in [0.25, 0.3) is 0 Å². The van der Waals surface area contributed by atoms with Crippen molar-refractivity contribution < 1.29 is 18.7 Å². The van der Waals surface area contributed by atoms with Crippen LogP contribution in [0.3, 0.4) is 0 Å². The lowest BCUT2D eigenvalue weighted by Crippen LogP contribution is -2.34. The third-order valence-electron chi connectivity index (χ3n) is 6.92. The molecule has 4 nitrogen and oxygen atoms in total. The normalized spacial score (nSPS) is 14.1. The van der Waals surface area contributed by atoms with Crippen molar-refractivity contribution in [1.29, 1.82) is 0 Å². The molecule has 0 aromatic heterocycles. The zero-order chi connectivity index (χ0) is 30.4. The van der Waals surface area contributed by atoms with Crippen LogP contribution in [0.25, 0.3) is 0 Å². The fourth-order valence-corrected chi connectivity index (χ4v) is 6.40. The molecular formula is C34H58O4Si2. The molecule has 1 N–H and O–H groups in total. The molecular weight excluding hydrogens is 529 g/mol. The van der Waals surface area contributed by atoms with Crippen LogP contribution in [0.5, 0.6) is 5.75 Å². The average molecular weight is 587 g/mol. The van der Waals surface area contributed by atoms with Gasteiger partial charge in [-0.1, -0.05) is 72.2 Å². The second kappa shape index (κ2) is 13.7. The minimum absolute atomic E-state index is 0.211. The van der Waals surface area contributed by atoms with E-state index in [0.717, 1.165) is 37.0 Å². The van der Waals surface area contributed by atoms with Gasteiger partial charge in [-0.25, -0.2) is 0 Å². The van der Waals surface area contributed by atoms with Crippen molar-refractivity contribution in [2.45, 2.75) is 142 Å². The van der Waals surface area contributed by atoms with E-state index in [1.54, 1.807) is 0 Å². The van der Waals surface area contributed by atoms with E-state index in [1.165, 1.54) is 16.7 Å². The lowest BCUT2D eigenvalue weighted by atomic mass is 9.84. The Bertz CT molecular complexity index is 1070. The molecule has 0 spiro atoms. The molecule has 0 fully saturated rings. The number of rotatable bonds is 14. The molecule has 6 heteroatoms. The van der Waals surface area contributed by atoms with E-state index in [4.69, 9.17) is 13.6 Å². The number of hydrogen-bond acceptors (Lipinski definition) is 4. The third-order valence-corrected chi connectivity index (χ3v) is 10.4. The minimum Gasteiger partial charge on any atom is -0.489 e. The zero-order valence-corrected chi connectivity index (χ0v) is 30.5. The maximum Gasteiger partial charge on any atom is 0.168 e. The van der Waals surface area contributed by atoms with Crippen LogP contribution < -0.4 is 4.74 Å². The first-order valence-electron chi connectivity index (χ1n) is 15.0. The van der Waals surface area contributed by atoms with Crippen molar-refractivity contribution in [3.63, 3.8) is 0 Å². The van der Waals surface area contributed by atoms with Gasteiger partial charge in [-0.05, 0) is 111 Å². The van der Waals surface area contributed by atoms with Crippen molar-refractivity contribution in [2.75, 3.05) is 0 Å². The average Bonchev–Trinajstić information content (AvgIpc) is 2.82. The Balaban J connectivity index is 2.25. The first-order valence-corrected chi connectivity index (χ1v) is 17.6. The van der Waals surface area contributed by atoms with Gasteiger partial charge in [-0.2, -0.15) is 0 Å². The summed E-state index contributed by atoms with van der Waals surface area (Å²) in [5, 5.41) is 10.4. The quantitative estimate of drug-likeness (QED) is 0.181. The molecule has 0 saturated carbocycles. The van der Waals surface area contributed by atoms with Gasteiger partial charge in [0, 0.05) is 0 Å². The summed E-state index contributed by atoms with van der Waals surface area (Å²) in [5.74, 6) is 0.890. The summed E-state index contributed by atoms with van der Waals surface area (Å²) < 4.78 is 19.6. The molecule has 0 amide bonds. The van der Waals surface area contributed by atoms with E-state index in [2.05, 4.69) is 106 Å². The summed E-state index contributed by atoms with van der Waals surface area (Å²) >= 11 is 0. The zero-order valence-electron chi connectivity index (χ0n) is 27.7. The van der Waals surface area contributed by atoms with Crippen molar-refractivity contribution in [2.24, 2.45) is 0 Å². The predicted octanol–water partition coefficient (Wildman–Crippen LogP) is 7.86. The number of ether oxygens (including phenoxy) is 1. The molecule has 0 atom stereocenters. The summed E-state index contributed by atoms with van der Waals surface area (Å²) in [4.78, 5) is 0. The number of aryl methyl sites for hydroxylation is 1. The molecule has 2 rings (SSSR count). The lowest BCUT2D eigenvalue weighted by molar-refractivity contribution is 0.0682. The van der Waals surface area contributed by atoms with E-state index >= 15 is 0 Å². The molecule has 2 aromatic rings. The highest BCUT2D eigenvalue weighted by Crippen LogP contribution is 2.39. The number of aliphatic hydroxyl groups is 1. The largest absolute Gasteiger partial charge is 0.489 e. The molecule has 0 radical (unpaired) electrons. The summed E-state index contributed by atoms with van der Waals surface area (Å²) in [5.41, 5.74) is 3.40. The Kier molecular flexibility index (Phi) is 11.9. The number of unbranched alkanes of at least 4 members (excludes halogenated alkanes) is 1. The fraction of sp³-hybridized carbons (Fsp3) is 0.647. The Morgan fingerprint density at radius 2 is 1.23 bits per heavy atom. The Morgan fingerprint density at radius 3 is 1.77 bits per heavy atom. The van der Waals surface area contributed by atoms with Gasteiger partial charge >= 0.3 is 0 Å². The molecule has 2 aromatic carbocycles. The summed E-state index contributed by atoms with van der Waals surface area (Å²) in [6, 6.07) is 15.1. The van der Waals surface area contributed by atoms with Crippen LogP contribution in [0, 0.1) is 0 Å². The van der Waals surface area contributed by atoms with E-state index in [9.17, 15) is 5.11 Å². The minimum atomic E-state index is -0.757. The lowest BCUT2D eigenvalue weighted by Gasteiger charge is -2.38. The summed E-state index contributed by atoms with van der Waals surface area (Å²) in [6.45, 7) is 26.7. The number of benzene rings is 2.